The molecule has 2 atom stereocenters. The molecule has 0 aliphatic carbocycles. The fraction of sp³-hybridized carbons (Fsp3) is 0.407. The van der Waals surface area contributed by atoms with Crippen LogP contribution in [0.3, 0.4) is 0 Å². The van der Waals surface area contributed by atoms with Crippen molar-refractivity contribution in [2.24, 2.45) is 11.7 Å². The van der Waals surface area contributed by atoms with Crippen molar-refractivity contribution in [3.63, 3.8) is 0 Å². The zero-order chi connectivity index (χ0) is 23.6. The summed E-state index contributed by atoms with van der Waals surface area (Å²) < 4.78 is 5.86. The van der Waals surface area contributed by atoms with Crippen LogP contribution in [0.25, 0.3) is 0 Å². The molecular formula is C27H35N3O3. The lowest BCUT2D eigenvalue weighted by atomic mass is 10.0. The van der Waals surface area contributed by atoms with Gasteiger partial charge in [-0.05, 0) is 42.0 Å². The number of nitrogens with two attached hydrogens (primary N) is 1. The van der Waals surface area contributed by atoms with Gasteiger partial charge < -0.3 is 20.7 Å². The molecule has 33 heavy (non-hydrogen) atoms. The SMILES string of the molecule is CC(C)CC(N)C(=O)NC(Cc1ccc(OCc2ccccc2)cc1)C(=O)N1CC=CCC1. The van der Waals surface area contributed by atoms with E-state index in [0.717, 1.165) is 23.3 Å². The van der Waals surface area contributed by atoms with Crippen LogP contribution in [-0.2, 0) is 22.6 Å². The molecule has 0 fully saturated rings. The first-order chi connectivity index (χ1) is 15.9. The van der Waals surface area contributed by atoms with Crippen LogP contribution < -0.4 is 15.8 Å². The van der Waals surface area contributed by atoms with Gasteiger partial charge in [-0.25, -0.2) is 0 Å². The molecule has 2 unspecified atom stereocenters. The molecule has 0 bridgehead atoms. The Kier molecular flexibility index (Phi) is 9.07. The van der Waals surface area contributed by atoms with E-state index in [9.17, 15) is 9.59 Å². The van der Waals surface area contributed by atoms with Crippen molar-refractivity contribution >= 4 is 11.8 Å². The van der Waals surface area contributed by atoms with E-state index in [1.165, 1.54) is 0 Å². The Labute approximate surface area is 196 Å². The summed E-state index contributed by atoms with van der Waals surface area (Å²) in [6.07, 6.45) is 5.87. The van der Waals surface area contributed by atoms with E-state index in [-0.39, 0.29) is 11.8 Å². The maximum Gasteiger partial charge on any atom is 0.245 e. The van der Waals surface area contributed by atoms with E-state index in [1.807, 2.05) is 74.5 Å². The molecule has 0 aromatic heterocycles. The van der Waals surface area contributed by atoms with Gasteiger partial charge in [-0.15, -0.1) is 0 Å². The van der Waals surface area contributed by atoms with Crippen molar-refractivity contribution in [1.29, 1.82) is 0 Å². The molecule has 3 N–H and O–H groups in total. The van der Waals surface area contributed by atoms with Gasteiger partial charge in [-0.3, -0.25) is 9.59 Å². The number of amides is 2. The second kappa shape index (κ2) is 12.2. The first-order valence-electron chi connectivity index (χ1n) is 11.7. The summed E-state index contributed by atoms with van der Waals surface area (Å²) in [7, 11) is 0. The molecule has 0 spiro atoms. The summed E-state index contributed by atoms with van der Waals surface area (Å²) in [6, 6.07) is 16.4. The second-order valence-electron chi connectivity index (χ2n) is 8.96. The number of hydrogen-bond donors (Lipinski definition) is 2. The minimum absolute atomic E-state index is 0.0751. The predicted molar refractivity (Wildman–Crippen MR) is 131 cm³/mol. The smallest absolute Gasteiger partial charge is 0.245 e. The normalized spacial score (nSPS) is 15.2. The van der Waals surface area contributed by atoms with Gasteiger partial charge in [0.25, 0.3) is 0 Å². The third-order valence-corrected chi connectivity index (χ3v) is 5.66. The van der Waals surface area contributed by atoms with Gasteiger partial charge >= 0.3 is 0 Å². The molecule has 0 radical (unpaired) electrons. The van der Waals surface area contributed by atoms with E-state index < -0.39 is 12.1 Å². The maximum absolute atomic E-state index is 13.2. The highest BCUT2D eigenvalue weighted by Crippen LogP contribution is 2.17. The van der Waals surface area contributed by atoms with E-state index >= 15 is 0 Å². The average molecular weight is 450 g/mol. The number of rotatable bonds is 10. The summed E-state index contributed by atoms with van der Waals surface area (Å²) in [5.41, 5.74) is 8.12. The van der Waals surface area contributed by atoms with Gasteiger partial charge in [0.05, 0.1) is 6.04 Å². The molecule has 2 aromatic carbocycles. The molecule has 6 nitrogen and oxygen atoms in total. The van der Waals surface area contributed by atoms with E-state index in [0.29, 0.717) is 38.5 Å². The highest BCUT2D eigenvalue weighted by Gasteiger charge is 2.28. The molecule has 2 aromatic rings. The molecule has 1 aliphatic heterocycles. The summed E-state index contributed by atoms with van der Waals surface area (Å²) in [5, 5.41) is 2.92. The molecular weight excluding hydrogens is 414 g/mol. The van der Waals surface area contributed by atoms with Crippen LogP contribution in [-0.4, -0.2) is 41.9 Å². The number of hydrogen-bond acceptors (Lipinski definition) is 4. The molecule has 0 saturated heterocycles. The molecule has 1 aliphatic rings. The van der Waals surface area contributed by atoms with Crippen molar-refractivity contribution < 1.29 is 14.3 Å². The summed E-state index contributed by atoms with van der Waals surface area (Å²) in [4.78, 5) is 27.7. The van der Waals surface area contributed by atoms with Gasteiger partial charge in [-0.1, -0.05) is 68.5 Å². The Hall–Kier alpha value is -3.12. The van der Waals surface area contributed by atoms with Crippen molar-refractivity contribution in [3.05, 3.63) is 77.9 Å². The third kappa shape index (κ3) is 7.75. The lowest BCUT2D eigenvalue weighted by Crippen LogP contribution is -2.54. The number of ether oxygens (including phenoxy) is 1. The summed E-state index contributed by atoms with van der Waals surface area (Å²) in [5.74, 6) is 0.705. The molecule has 2 amide bonds. The van der Waals surface area contributed by atoms with Crippen molar-refractivity contribution in [2.75, 3.05) is 13.1 Å². The Morgan fingerprint density at radius 3 is 2.39 bits per heavy atom. The molecule has 176 valence electrons. The molecule has 1 heterocycles. The fourth-order valence-corrected chi connectivity index (χ4v) is 3.85. The topological polar surface area (TPSA) is 84.7 Å². The maximum atomic E-state index is 13.2. The van der Waals surface area contributed by atoms with E-state index in [2.05, 4.69) is 11.4 Å². The van der Waals surface area contributed by atoms with Gasteiger partial charge in [0.1, 0.15) is 18.4 Å². The van der Waals surface area contributed by atoms with Crippen molar-refractivity contribution in [2.45, 2.75) is 51.8 Å². The number of benzene rings is 2. The average Bonchev–Trinajstić information content (AvgIpc) is 2.83. The van der Waals surface area contributed by atoms with Crippen LogP contribution in [0.2, 0.25) is 0 Å². The Morgan fingerprint density at radius 1 is 1.03 bits per heavy atom. The second-order valence-corrected chi connectivity index (χ2v) is 8.96. The molecule has 6 heteroatoms. The highest BCUT2D eigenvalue weighted by atomic mass is 16.5. The standard InChI is InChI=1S/C27H35N3O3/c1-20(2)17-24(28)26(31)29-25(27(32)30-15-7-4-8-16-30)18-21-11-13-23(14-12-21)33-19-22-9-5-3-6-10-22/h3-7,9-14,20,24-25H,8,15-19,28H2,1-2H3,(H,29,31). The van der Waals surface area contributed by atoms with Crippen LogP contribution in [0.5, 0.6) is 5.75 Å². The van der Waals surface area contributed by atoms with Gasteiger partial charge in [-0.2, -0.15) is 0 Å². The Balaban J connectivity index is 1.65. The van der Waals surface area contributed by atoms with Gasteiger partial charge in [0.2, 0.25) is 11.8 Å². The van der Waals surface area contributed by atoms with E-state index in [1.54, 1.807) is 4.90 Å². The Morgan fingerprint density at radius 2 is 1.76 bits per heavy atom. The zero-order valence-corrected chi connectivity index (χ0v) is 19.6. The fourth-order valence-electron chi connectivity index (χ4n) is 3.85. The quantitative estimate of drug-likeness (QED) is 0.544. The number of nitrogens with zero attached hydrogens (tertiary/aromatic N) is 1. The van der Waals surface area contributed by atoms with E-state index in [4.69, 9.17) is 10.5 Å². The van der Waals surface area contributed by atoms with Crippen molar-refractivity contribution in [3.8, 4) is 5.75 Å². The number of carbonyl (C=O) groups is 2. The van der Waals surface area contributed by atoms with Crippen LogP contribution >= 0.6 is 0 Å². The molecule has 0 saturated carbocycles. The first-order valence-corrected chi connectivity index (χ1v) is 11.7. The Bertz CT molecular complexity index is 925. The summed E-state index contributed by atoms with van der Waals surface area (Å²) in [6.45, 7) is 5.77. The lowest BCUT2D eigenvalue weighted by molar-refractivity contribution is -0.136. The van der Waals surface area contributed by atoms with Crippen molar-refractivity contribution in [1.82, 2.24) is 10.2 Å². The van der Waals surface area contributed by atoms with Gasteiger partial charge in [0.15, 0.2) is 0 Å². The van der Waals surface area contributed by atoms with Crippen LogP contribution in [0.15, 0.2) is 66.7 Å². The van der Waals surface area contributed by atoms with Crippen LogP contribution in [0, 0.1) is 5.92 Å². The largest absolute Gasteiger partial charge is 0.489 e. The number of carbonyl (C=O) groups excluding carboxylic acids is 2. The number of nitrogens with one attached hydrogen (secondary N) is 1. The third-order valence-electron chi connectivity index (χ3n) is 5.66. The predicted octanol–water partition coefficient (Wildman–Crippen LogP) is 3.45. The lowest BCUT2D eigenvalue weighted by Gasteiger charge is -2.29. The highest BCUT2D eigenvalue weighted by molar-refractivity contribution is 5.90. The molecule has 3 rings (SSSR count). The van der Waals surface area contributed by atoms with Crippen LogP contribution in [0.4, 0.5) is 0 Å². The first kappa shape index (κ1) is 24.5. The van der Waals surface area contributed by atoms with Gasteiger partial charge in [0, 0.05) is 19.5 Å². The van der Waals surface area contributed by atoms with Crippen LogP contribution in [0.1, 0.15) is 37.8 Å². The monoisotopic (exact) mass is 449 g/mol. The minimum atomic E-state index is -0.654. The summed E-state index contributed by atoms with van der Waals surface area (Å²) >= 11 is 0. The minimum Gasteiger partial charge on any atom is -0.489 e. The zero-order valence-electron chi connectivity index (χ0n) is 19.6.